The van der Waals surface area contributed by atoms with E-state index < -0.39 is 8.32 Å². The average molecular weight is 261 g/mol. The minimum Gasteiger partial charge on any atom is -0.412 e. The van der Waals surface area contributed by atoms with Crippen molar-refractivity contribution in [1.82, 2.24) is 0 Å². The van der Waals surface area contributed by atoms with Gasteiger partial charge in [0.25, 0.3) is 0 Å². The van der Waals surface area contributed by atoms with Crippen molar-refractivity contribution in [1.29, 1.82) is 0 Å². The number of nitrogens with zero attached hydrogens (tertiary/aromatic N) is 1. The van der Waals surface area contributed by atoms with Crippen molar-refractivity contribution >= 4 is 8.32 Å². The Bertz CT molecular complexity index is 187. The predicted octanol–water partition coefficient (Wildman–Crippen LogP) is 3.88. The average Bonchev–Trinajstić information content (AvgIpc) is 2.14. The first-order valence-electron chi connectivity index (χ1n) is 7.23. The highest BCUT2D eigenvalue weighted by molar-refractivity contribution is 6.69. The molecule has 0 fully saturated rings. The van der Waals surface area contributed by atoms with Gasteiger partial charge in [-0.2, -0.15) is 0 Å². The lowest BCUT2D eigenvalue weighted by atomic mass is 10.1. The van der Waals surface area contributed by atoms with Crippen LogP contribution < -0.4 is 0 Å². The van der Waals surface area contributed by atoms with Gasteiger partial charge in [-0.15, -0.1) is 0 Å². The molecule has 0 heterocycles. The van der Waals surface area contributed by atoms with Crippen LogP contribution in [0.5, 0.6) is 0 Å². The second-order valence-corrected chi connectivity index (χ2v) is 11.3. The van der Waals surface area contributed by atoms with Crippen LogP contribution in [-0.4, -0.2) is 46.6 Å². The van der Waals surface area contributed by atoms with Gasteiger partial charge in [-0.25, -0.2) is 0 Å². The summed E-state index contributed by atoms with van der Waals surface area (Å²) in [6.45, 7) is 12.4. The fourth-order valence-electron chi connectivity index (χ4n) is 1.85. The molecule has 0 aliphatic heterocycles. The molecule has 0 rings (SSSR count). The number of unbranched alkanes of at least 4 members (excludes halogenated alkanes) is 4. The summed E-state index contributed by atoms with van der Waals surface area (Å²) < 4.78 is 7.04. The van der Waals surface area contributed by atoms with Crippen LogP contribution in [0.4, 0.5) is 0 Å². The Balaban J connectivity index is 3.58. The van der Waals surface area contributed by atoms with E-state index >= 15 is 0 Å². The van der Waals surface area contributed by atoms with Gasteiger partial charge < -0.3 is 8.91 Å². The van der Waals surface area contributed by atoms with E-state index in [1.54, 1.807) is 0 Å². The van der Waals surface area contributed by atoms with Crippen LogP contribution in [0, 0.1) is 0 Å². The maximum Gasteiger partial charge on any atom is 0.184 e. The lowest BCUT2D eigenvalue weighted by Gasteiger charge is -2.31. The zero-order chi connectivity index (χ0) is 13.4. The number of rotatable bonds is 10. The Kier molecular flexibility index (Phi) is 8.34. The van der Waals surface area contributed by atoms with Crippen LogP contribution in [0.25, 0.3) is 0 Å². The maximum absolute atomic E-state index is 5.93. The van der Waals surface area contributed by atoms with Gasteiger partial charge in [0.15, 0.2) is 8.32 Å². The van der Waals surface area contributed by atoms with Gasteiger partial charge >= 0.3 is 0 Å². The molecular weight excluding hydrogens is 226 g/mol. The number of quaternary nitrogens is 1. The van der Waals surface area contributed by atoms with Crippen molar-refractivity contribution in [2.75, 3.05) is 33.8 Å². The highest BCUT2D eigenvalue weighted by atomic mass is 28.4. The van der Waals surface area contributed by atoms with E-state index in [1.165, 1.54) is 38.6 Å². The number of likely N-dealkylation sites (N-methyl/N-ethyl adjacent to an activating group) is 1. The van der Waals surface area contributed by atoms with Crippen LogP contribution in [-0.2, 0) is 4.43 Å². The van der Waals surface area contributed by atoms with Gasteiger partial charge in [0.1, 0.15) is 6.54 Å². The Hall–Kier alpha value is 0.137. The molecule has 0 aliphatic rings. The molecule has 17 heavy (non-hydrogen) atoms. The molecule has 0 aromatic carbocycles. The lowest BCUT2D eigenvalue weighted by Crippen LogP contribution is -2.44. The molecule has 0 aliphatic carbocycles. The summed E-state index contributed by atoms with van der Waals surface area (Å²) in [6, 6.07) is 0. The van der Waals surface area contributed by atoms with Gasteiger partial charge in [0.05, 0.1) is 27.2 Å². The van der Waals surface area contributed by atoms with Crippen molar-refractivity contribution < 1.29 is 8.91 Å². The zero-order valence-corrected chi connectivity index (χ0v) is 14.0. The second kappa shape index (κ2) is 8.28. The molecule has 104 valence electrons. The minimum absolute atomic E-state index is 0.928. The predicted molar refractivity (Wildman–Crippen MR) is 79.9 cm³/mol. The van der Waals surface area contributed by atoms with Crippen LogP contribution in [0.3, 0.4) is 0 Å². The maximum atomic E-state index is 5.93. The van der Waals surface area contributed by atoms with Crippen molar-refractivity contribution in [3.8, 4) is 0 Å². The minimum atomic E-state index is -1.32. The summed E-state index contributed by atoms with van der Waals surface area (Å²) in [5, 5.41) is 0. The van der Waals surface area contributed by atoms with E-state index in [0.717, 1.165) is 17.6 Å². The van der Waals surface area contributed by atoms with Crippen LogP contribution in [0.2, 0.25) is 19.6 Å². The molecule has 0 bridgehead atoms. The summed E-state index contributed by atoms with van der Waals surface area (Å²) in [5.41, 5.74) is 0. The third-order valence-electron chi connectivity index (χ3n) is 3.10. The van der Waals surface area contributed by atoms with Crippen molar-refractivity contribution in [2.45, 2.75) is 58.7 Å². The van der Waals surface area contributed by atoms with Gasteiger partial charge in [-0.05, 0) is 32.5 Å². The van der Waals surface area contributed by atoms with Crippen molar-refractivity contribution in [3.63, 3.8) is 0 Å². The Morgan fingerprint density at radius 3 is 2.00 bits per heavy atom. The van der Waals surface area contributed by atoms with Gasteiger partial charge in [-0.1, -0.05) is 26.2 Å². The van der Waals surface area contributed by atoms with E-state index in [4.69, 9.17) is 4.43 Å². The van der Waals surface area contributed by atoms with E-state index in [1.807, 2.05) is 0 Å². The molecule has 3 heteroatoms. The van der Waals surface area contributed by atoms with Crippen LogP contribution in [0.1, 0.15) is 39.0 Å². The quantitative estimate of drug-likeness (QED) is 0.329. The second-order valence-electron chi connectivity index (χ2n) is 6.76. The van der Waals surface area contributed by atoms with Crippen molar-refractivity contribution in [2.24, 2.45) is 0 Å². The zero-order valence-electron chi connectivity index (χ0n) is 13.0. The fraction of sp³-hybridized carbons (Fsp3) is 1.00. The van der Waals surface area contributed by atoms with Gasteiger partial charge in [-0.3, -0.25) is 0 Å². The fourth-order valence-corrected chi connectivity index (χ4v) is 2.56. The first-order chi connectivity index (χ1) is 7.77. The Morgan fingerprint density at radius 1 is 0.882 bits per heavy atom. The Morgan fingerprint density at radius 2 is 1.47 bits per heavy atom. The monoisotopic (exact) mass is 260 g/mol. The first-order valence-corrected chi connectivity index (χ1v) is 10.6. The highest BCUT2D eigenvalue weighted by Crippen LogP contribution is 2.08. The molecule has 0 unspecified atom stereocenters. The van der Waals surface area contributed by atoms with Crippen LogP contribution >= 0.6 is 0 Å². The van der Waals surface area contributed by atoms with E-state index in [-0.39, 0.29) is 0 Å². The highest BCUT2D eigenvalue weighted by Gasteiger charge is 2.18. The topological polar surface area (TPSA) is 9.23 Å². The molecule has 0 radical (unpaired) electrons. The molecule has 0 aromatic heterocycles. The summed E-state index contributed by atoms with van der Waals surface area (Å²) in [4.78, 5) is 0. The molecule has 0 spiro atoms. The lowest BCUT2D eigenvalue weighted by molar-refractivity contribution is -0.890. The first kappa shape index (κ1) is 17.1. The summed E-state index contributed by atoms with van der Waals surface area (Å²) in [5.74, 6) is 0. The number of hydrogen-bond acceptors (Lipinski definition) is 1. The third kappa shape index (κ3) is 12.4. The third-order valence-corrected chi connectivity index (χ3v) is 4.17. The molecule has 0 N–H and O–H groups in total. The molecule has 2 nitrogen and oxygen atoms in total. The summed E-state index contributed by atoms with van der Waals surface area (Å²) >= 11 is 0. The molecular formula is C14H34NOSi+. The van der Waals surface area contributed by atoms with Gasteiger partial charge in [0.2, 0.25) is 0 Å². The standard InChI is InChI=1S/C14H34NOSi/c1-7-8-9-10-11-12-15(2,3)13-14-16-17(4,5)6/h7-14H2,1-6H3/q+1. The van der Waals surface area contributed by atoms with Crippen molar-refractivity contribution in [3.05, 3.63) is 0 Å². The SMILES string of the molecule is CCCCCCC[N+](C)(C)CCO[Si](C)(C)C. The molecule has 0 saturated heterocycles. The summed E-state index contributed by atoms with van der Waals surface area (Å²) in [6.07, 6.45) is 6.89. The van der Waals surface area contributed by atoms with E-state index in [9.17, 15) is 0 Å². The summed E-state index contributed by atoms with van der Waals surface area (Å²) in [7, 11) is 3.34. The molecule has 0 aromatic rings. The van der Waals surface area contributed by atoms with Gasteiger partial charge in [0, 0.05) is 0 Å². The molecule has 0 atom stereocenters. The smallest absolute Gasteiger partial charge is 0.184 e. The van der Waals surface area contributed by atoms with Crippen LogP contribution in [0.15, 0.2) is 0 Å². The molecule has 0 amide bonds. The molecule has 0 saturated carbocycles. The number of hydrogen-bond donors (Lipinski definition) is 0. The normalized spacial score (nSPS) is 13.1. The Labute approximate surface area is 110 Å². The van der Waals surface area contributed by atoms with E-state index in [2.05, 4.69) is 40.7 Å². The van der Waals surface area contributed by atoms with E-state index in [0.29, 0.717) is 0 Å². The largest absolute Gasteiger partial charge is 0.412 e.